The number of amides is 1. The van der Waals surface area contributed by atoms with E-state index in [2.05, 4.69) is 22.1 Å². The van der Waals surface area contributed by atoms with Gasteiger partial charge in [0.25, 0.3) is 0 Å². The topological polar surface area (TPSA) is 105 Å². The Labute approximate surface area is 230 Å². The molecule has 11 heteroatoms. The summed E-state index contributed by atoms with van der Waals surface area (Å²) >= 11 is 2.74. The number of nitrogens with one attached hydrogen (secondary N) is 1. The van der Waals surface area contributed by atoms with E-state index in [0.29, 0.717) is 33.8 Å². The van der Waals surface area contributed by atoms with Gasteiger partial charge < -0.3 is 19.5 Å². The van der Waals surface area contributed by atoms with Crippen molar-refractivity contribution in [3.8, 4) is 11.5 Å². The Morgan fingerprint density at radius 3 is 2.63 bits per heavy atom. The van der Waals surface area contributed by atoms with E-state index in [1.807, 2.05) is 42.7 Å². The van der Waals surface area contributed by atoms with Crippen LogP contribution in [0.15, 0.2) is 42.1 Å². The predicted octanol–water partition coefficient (Wildman–Crippen LogP) is 5.29. The summed E-state index contributed by atoms with van der Waals surface area (Å²) in [6.07, 6.45) is 5.36. The summed E-state index contributed by atoms with van der Waals surface area (Å²) in [5.74, 6) is 1.54. The summed E-state index contributed by atoms with van der Waals surface area (Å²) in [5, 5.41) is 12.6. The molecule has 1 amide bonds. The number of nitrogens with zero attached hydrogens (tertiary/aromatic N) is 3. The fraction of sp³-hybridized carbons (Fsp3) is 0.407. The largest absolute Gasteiger partial charge is 0.497 e. The third kappa shape index (κ3) is 6.76. The molecule has 0 fully saturated rings. The summed E-state index contributed by atoms with van der Waals surface area (Å²) in [7, 11) is 1.61. The second kappa shape index (κ2) is 13.0. The summed E-state index contributed by atoms with van der Waals surface area (Å²) in [6.45, 7) is 8.15. The van der Waals surface area contributed by atoms with Gasteiger partial charge in [-0.2, -0.15) is 0 Å². The molecule has 0 atom stereocenters. The molecule has 0 aliphatic heterocycles. The third-order valence-electron chi connectivity index (χ3n) is 5.84. The van der Waals surface area contributed by atoms with Crippen LogP contribution in [-0.2, 0) is 35.5 Å². The lowest BCUT2D eigenvalue weighted by Gasteiger charge is -2.14. The highest BCUT2D eigenvalue weighted by atomic mass is 32.2. The van der Waals surface area contributed by atoms with Gasteiger partial charge >= 0.3 is 5.97 Å². The van der Waals surface area contributed by atoms with Gasteiger partial charge in [-0.25, -0.2) is 4.79 Å². The van der Waals surface area contributed by atoms with Crippen molar-refractivity contribution in [2.75, 3.05) is 18.2 Å². The van der Waals surface area contributed by atoms with Gasteiger partial charge in [0, 0.05) is 11.4 Å². The van der Waals surface area contributed by atoms with Crippen molar-refractivity contribution in [3.05, 3.63) is 58.7 Å². The zero-order valence-electron chi connectivity index (χ0n) is 21.8. The summed E-state index contributed by atoms with van der Waals surface area (Å²) in [5.41, 5.74) is 1.52. The van der Waals surface area contributed by atoms with Crippen molar-refractivity contribution in [3.63, 3.8) is 0 Å². The van der Waals surface area contributed by atoms with Crippen molar-refractivity contribution in [1.82, 2.24) is 14.8 Å². The number of aromatic nitrogens is 3. The minimum atomic E-state index is -0.380. The van der Waals surface area contributed by atoms with Gasteiger partial charge in [-0.1, -0.05) is 17.8 Å². The molecule has 0 unspecified atom stereocenters. The van der Waals surface area contributed by atoms with Crippen LogP contribution in [0.2, 0.25) is 0 Å². The molecule has 0 saturated carbocycles. The molecule has 0 saturated heterocycles. The highest BCUT2D eigenvalue weighted by Crippen LogP contribution is 2.39. The smallest absolute Gasteiger partial charge is 0.341 e. The maximum absolute atomic E-state index is 12.9. The maximum Gasteiger partial charge on any atom is 0.341 e. The Morgan fingerprint density at radius 1 is 1.18 bits per heavy atom. The number of allylic oxidation sites excluding steroid dienone is 1. The number of hydrogen-bond acceptors (Lipinski definition) is 9. The van der Waals surface area contributed by atoms with E-state index in [4.69, 9.17) is 14.2 Å². The van der Waals surface area contributed by atoms with Crippen LogP contribution in [0.5, 0.6) is 11.5 Å². The number of carbonyl (C=O) groups excluding carboxylic acids is 2. The number of thioether (sulfide) groups is 1. The monoisotopic (exact) mass is 556 g/mol. The maximum atomic E-state index is 12.9. The number of benzene rings is 1. The molecule has 2 aromatic heterocycles. The van der Waals surface area contributed by atoms with Crippen LogP contribution in [-0.4, -0.2) is 45.6 Å². The molecule has 202 valence electrons. The van der Waals surface area contributed by atoms with Crippen LogP contribution < -0.4 is 14.8 Å². The predicted molar refractivity (Wildman–Crippen MR) is 148 cm³/mol. The van der Waals surface area contributed by atoms with Crippen molar-refractivity contribution in [2.24, 2.45) is 0 Å². The van der Waals surface area contributed by atoms with E-state index in [9.17, 15) is 9.59 Å². The average Bonchev–Trinajstić information content (AvgIpc) is 3.46. The number of esters is 1. The molecule has 0 spiro atoms. The Kier molecular flexibility index (Phi) is 9.46. The van der Waals surface area contributed by atoms with E-state index in [0.717, 1.165) is 41.9 Å². The molecular weight excluding hydrogens is 524 g/mol. The SMILES string of the molecule is C=CCn1c(COc2ccc(OC)cc2)nnc1SCC(=O)Nc1sc2c(c1C(=O)OC(C)C)CCCC2. The summed E-state index contributed by atoms with van der Waals surface area (Å²) < 4.78 is 18.4. The molecule has 1 N–H and O–H groups in total. The Hall–Kier alpha value is -3.31. The van der Waals surface area contributed by atoms with Crippen molar-refractivity contribution in [2.45, 2.75) is 63.9 Å². The van der Waals surface area contributed by atoms with Crippen LogP contribution >= 0.6 is 23.1 Å². The number of hydrogen-bond donors (Lipinski definition) is 1. The minimum Gasteiger partial charge on any atom is -0.497 e. The standard InChI is InChI=1S/C27H32N4O5S2/c1-5-14-31-22(15-35-19-12-10-18(34-4)11-13-19)29-30-27(31)37-16-23(32)28-25-24(26(33)36-17(2)3)20-8-6-7-9-21(20)38-25/h5,10-13,17H,1,6-9,14-16H2,2-4H3,(H,28,32). The number of methoxy groups -OCH3 is 1. The molecule has 2 heterocycles. The van der Waals surface area contributed by atoms with E-state index in [1.165, 1.54) is 23.1 Å². The number of aryl methyl sites for hydroxylation is 1. The number of anilines is 1. The molecule has 9 nitrogen and oxygen atoms in total. The van der Waals surface area contributed by atoms with Crippen LogP contribution in [0.25, 0.3) is 0 Å². The first-order chi connectivity index (χ1) is 18.4. The number of fused-ring (bicyclic) bond motifs is 1. The summed E-state index contributed by atoms with van der Waals surface area (Å²) in [6, 6.07) is 7.28. The number of thiophene rings is 1. The van der Waals surface area contributed by atoms with Crippen molar-refractivity contribution in [1.29, 1.82) is 0 Å². The zero-order chi connectivity index (χ0) is 27.1. The normalized spacial score (nSPS) is 12.6. The molecule has 1 aromatic carbocycles. The zero-order valence-corrected chi connectivity index (χ0v) is 23.5. The van der Waals surface area contributed by atoms with Crippen LogP contribution in [0.4, 0.5) is 5.00 Å². The average molecular weight is 557 g/mol. The first-order valence-corrected chi connectivity index (χ1v) is 14.3. The lowest BCUT2D eigenvalue weighted by molar-refractivity contribution is -0.113. The third-order valence-corrected chi connectivity index (χ3v) is 8.01. The molecule has 3 aromatic rings. The van der Waals surface area contributed by atoms with Gasteiger partial charge in [-0.05, 0) is 69.4 Å². The van der Waals surface area contributed by atoms with Crippen LogP contribution in [0.1, 0.15) is 53.3 Å². The second-order valence-electron chi connectivity index (χ2n) is 8.97. The molecule has 1 aliphatic rings. The molecule has 1 aliphatic carbocycles. The van der Waals surface area contributed by atoms with E-state index in [1.54, 1.807) is 13.2 Å². The Morgan fingerprint density at radius 2 is 1.92 bits per heavy atom. The number of carbonyl (C=O) groups is 2. The lowest BCUT2D eigenvalue weighted by atomic mass is 9.95. The fourth-order valence-corrected chi connectivity index (χ4v) is 6.16. The van der Waals surface area contributed by atoms with Crippen molar-refractivity contribution < 1.29 is 23.8 Å². The lowest BCUT2D eigenvalue weighted by Crippen LogP contribution is -2.19. The highest BCUT2D eigenvalue weighted by Gasteiger charge is 2.28. The van der Waals surface area contributed by atoms with Gasteiger partial charge in [0.2, 0.25) is 5.91 Å². The molecule has 38 heavy (non-hydrogen) atoms. The van der Waals surface area contributed by atoms with Crippen LogP contribution in [0, 0.1) is 0 Å². The van der Waals surface area contributed by atoms with Gasteiger partial charge in [0.15, 0.2) is 11.0 Å². The molecular formula is C27H32N4O5S2. The molecule has 0 radical (unpaired) electrons. The molecule has 4 rings (SSSR count). The van der Waals surface area contributed by atoms with Gasteiger partial charge in [-0.3, -0.25) is 9.36 Å². The second-order valence-corrected chi connectivity index (χ2v) is 11.0. The first-order valence-electron chi connectivity index (χ1n) is 12.5. The van der Waals surface area contributed by atoms with Gasteiger partial charge in [0.1, 0.15) is 23.1 Å². The van der Waals surface area contributed by atoms with E-state index in [-0.39, 0.29) is 30.3 Å². The van der Waals surface area contributed by atoms with Crippen molar-refractivity contribution >= 4 is 40.0 Å². The fourth-order valence-electron chi connectivity index (χ4n) is 4.10. The Bertz CT molecular complexity index is 1280. The van der Waals surface area contributed by atoms with E-state index >= 15 is 0 Å². The molecule has 0 bridgehead atoms. The first kappa shape index (κ1) is 27.7. The summed E-state index contributed by atoms with van der Waals surface area (Å²) in [4.78, 5) is 27.0. The number of ether oxygens (including phenoxy) is 3. The van der Waals surface area contributed by atoms with Crippen LogP contribution in [0.3, 0.4) is 0 Å². The van der Waals surface area contributed by atoms with Gasteiger partial charge in [0.05, 0.1) is 24.5 Å². The highest BCUT2D eigenvalue weighted by molar-refractivity contribution is 7.99. The van der Waals surface area contributed by atoms with Gasteiger partial charge in [-0.15, -0.1) is 28.1 Å². The Balaban J connectivity index is 1.42. The van der Waals surface area contributed by atoms with E-state index < -0.39 is 0 Å². The minimum absolute atomic E-state index is 0.107. The number of rotatable bonds is 12. The quantitative estimate of drug-likeness (QED) is 0.182.